The maximum Gasteiger partial charge on any atom is 0.294 e. The van der Waals surface area contributed by atoms with Gasteiger partial charge in [-0.2, -0.15) is 13.7 Å². The van der Waals surface area contributed by atoms with Gasteiger partial charge in [-0.25, -0.2) is 0 Å². The number of nitrogens with one attached hydrogen (secondary N) is 1. The molecule has 1 aromatic rings. The summed E-state index contributed by atoms with van der Waals surface area (Å²) in [5.74, 6) is -0.198. The standard InChI is InChI=1S/C12H18N4O2.C7H8O3S/c13-6-9-2-1-3-16(9)12(18)10-4-8(7-15-10)5-11(14)17;1-6-2-4-7(5-3-6)11(8,9)10/h8-10,15H,1-5,7H2,(H2,14,17);2-5H,1H3,(H,8,9,10)/t8-,9+,10+;/m1./s1. The molecule has 2 saturated heterocycles. The third kappa shape index (κ3) is 6.52. The summed E-state index contributed by atoms with van der Waals surface area (Å²) < 4.78 is 29.6. The fourth-order valence-corrected chi connectivity index (χ4v) is 3.99. The van der Waals surface area contributed by atoms with E-state index >= 15 is 0 Å². The van der Waals surface area contributed by atoms with Gasteiger partial charge >= 0.3 is 0 Å². The molecule has 29 heavy (non-hydrogen) atoms. The van der Waals surface area contributed by atoms with Gasteiger partial charge in [0.25, 0.3) is 10.1 Å². The lowest BCUT2D eigenvalue weighted by molar-refractivity contribution is -0.133. The summed E-state index contributed by atoms with van der Waals surface area (Å²) in [5, 5.41) is 12.1. The van der Waals surface area contributed by atoms with E-state index < -0.39 is 10.1 Å². The molecule has 3 atom stereocenters. The topological polar surface area (TPSA) is 154 Å². The molecule has 4 N–H and O–H groups in total. The predicted molar refractivity (Wildman–Crippen MR) is 105 cm³/mol. The lowest BCUT2D eigenvalue weighted by Gasteiger charge is -2.23. The van der Waals surface area contributed by atoms with E-state index in [1.807, 2.05) is 6.92 Å². The third-order valence-corrected chi connectivity index (χ3v) is 5.88. The van der Waals surface area contributed by atoms with Gasteiger partial charge in [0.15, 0.2) is 0 Å². The summed E-state index contributed by atoms with van der Waals surface area (Å²) in [5.41, 5.74) is 6.11. The van der Waals surface area contributed by atoms with Crippen LogP contribution in [0.2, 0.25) is 0 Å². The van der Waals surface area contributed by atoms with Gasteiger partial charge in [-0.3, -0.25) is 14.1 Å². The van der Waals surface area contributed by atoms with E-state index in [9.17, 15) is 18.0 Å². The number of likely N-dealkylation sites (tertiary alicyclic amines) is 1. The molecule has 0 bridgehead atoms. The second kappa shape index (κ2) is 9.82. The highest BCUT2D eigenvalue weighted by Gasteiger charge is 2.37. The Morgan fingerprint density at radius 2 is 2.00 bits per heavy atom. The first-order valence-corrected chi connectivity index (χ1v) is 10.8. The highest BCUT2D eigenvalue weighted by molar-refractivity contribution is 7.85. The fraction of sp³-hybridized carbons (Fsp3) is 0.526. The van der Waals surface area contributed by atoms with E-state index in [1.165, 1.54) is 12.1 Å². The molecule has 10 heteroatoms. The first-order chi connectivity index (χ1) is 13.6. The van der Waals surface area contributed by atoms with Gasteiger partial charge in [0, 0.05) is 13.0 Å². The summed E-state index contributed by atoms with van der Waals surface area (Å²) in [4.78, 5) is 24.7. The zero-order chi connectivity index (χ0) is 21.6. The monoisotopic (exact) mass is 422 g/mol. The molecule has 0 unspecified atom stereocenters. The lowest BCUT2D eigenvalue weighted by Crippen LogP contribution is -2.45. The number of hydrogen-bond donors (Lipinski definition) is 3. The van der Waals surface area contributed by atoms with Gasteiger partial charge in [-0.15, -0.1) is 0 Å². The minimum Gasteiger partial charge on any atom is -0.370 e. The van der Waals surface area contributed by atoms with Crippen molar-refractivity contribution in [2.45, 2.75) is 49.6 Å². The first kappa shape index (κ1) is 22.8. The Hall–Kier alpha value is -2.48. The molecule has 0 spiro atoms. The van der Waals surface area contributed by atoms with Crippen molar-refractivity contribution in [1.29, 1.82) is 5.26 Å². The van der Waals surface area contributed by atoms with E-state index in [2.05, 4.69) is 11.4 Å². The minimum atomic E-state index is -4.02. The quantitative estimate of drug-likeness (QED) is 0.600. The Labute approximate surface area is 170 Å². The molecule has 9 nitrogen and oxygen atoms in total. The van der Waals surface area contributed by atoms with Gasteiger partial charge in [0.1, 0.15) is 6.04 Å². The minimum absolute atomic E-state index is 0.00831. The predicted octanol–water partition coefficient (Wildman–Crippen LogP) is 0.596. The summed E-state index contributed by atoms with van der Waals surface area (Å²) in [6.45, 7) is 3.15. The number of carbonyl (C=O) groups is 2. The molecule has 0 radical (unpaired) electrons. The third-order valence-electron chi connectivity index (χ3n) is 5.01. The zero-order valence-electron chi connectivity index (χ0n) is 16.2. The molecule has 0 aromatic heterocycles. The molecule has 2 amide bonds. The van der Waals surface area contributed by atoms with Crippen molar-refractivity contribution in [3.05, 3.63) is 29.8 Å². The summed E-state index contributed by atoms with van der Waals surface area (Å²) >= 11 is 0. The van der Waals surface area contributed by atoms with Crippen molar-refractivity contribution in [3.8, 4) is 6.07 Å². The SMILES string of the molecule is Cc1ccc(S(=O)(=O)O)cc1.N#C[C@@H]1CCCN1C(=O)[C@@H]1C[C@H](CC(N)=O)CN1. The van der Waals surface area contributed by atoms with Gasteiger partial charge in [-0.1, -0.05) is 17.7 Å². The Balaban J connectivity index is 0.000000234. The summed E-state index contributed by atoms with van der Waals surface area (Å²) in [6, 6.07) is 7.61. The van der Waals surface area contributed by atoms with Gasteiger partial charge in [0.2, 0.25) is 11.8 Å². The van der Waals surface area contributed by atoms with Crippen molar-refractivity contribution < 1.29 is 22.6 Å². The van der Waals surface area contributed by atoms with Crippen molar-refractivity contribution in [1.82, 2.24) is 10.2 Å². The molecular formula is C19H26N4O5S. The summed E-state index contributed by atoms with van der Waals surface area (Å²) in [6.07, 6.45) is 2.61. The molecule has 2 aliphatic heterocycles. The van der Waals surface area contributed by atoms with E-state index in [0.29, 0.717) is 25.9 Å². The number of primary amides is 1. The average Bonchev–Trinajstić information content (AvgIpc) is 3.30. The zero-order valence-corrected chi connectivity index (χ0v) is 17.1. The van der Waals surface area contributed by atoms with Crippen molar-refractivity contribution in [2.24, 2.45) is 11.7 Å². The highest BCUT2D eigenvalue weighted by atomic mass is 32.2. The molecule has 0 aliphatic carbocycles. The van der Waals surface area contributed by atoms with Crippen LogP contribution in [0, 0.1) is 24.2 Å². The highest BCUT2D eigenvalue weighted by Crippen LogP contribution is 2.23. The van der Waals surface area contributed by atoms with Gasteiger partial charge in [0.05, 0.1) is 17.0 Å². The van der Waals surface area contributed by atoms with E-state index in [0.717, 1.165) is 18.4 Å². The van der Waals surface area contributed by atoms with Crippen LogP contribution in [0.25, 0.3) is 0 Å². The Morgan fingerprint density at radius 1 is 1.34 bits per heavy atom. The maximum atomic E-state index is 12.2. The maximum absolute atomic E-state index is 12.2. The molecule has 3 rings (SSSR count). The van der Waals surface area contributed by atoms with Crippen LogP contribution < -0.4 is 11.1 Å². The number of amides is 2. The molecule has 1 aromatic carbocycles. The van der Waals surface area contributed by atoms with Crippen LogP contribution >= 0.6 is 0 Å². The largest absolute Gasteiger partial charge is 0.370 e. The average molecular weight is 423 g/mol. The second-order valence-electron chi connectivity index (χ2n) is 7.34. The number of nitrogens with zero attached hydrogens (tertiary/aromatic N) is 2. The Kier molecular flexibility index (Phi) is 7.73. The number of hydrogen-bond acceptors (Lipinski definition) is 6. The fourth-order valence-electron chi connectivity index (χ4n) is 3.51. The van der Waals surface area contributed by atoms with Crippen LogP contribution in [0.1, 0.15) is 31.2 Å². The van der Waals surface area contributed by atoms with Crippen LogP contribution in [-0.4, -0.2) is 54.9 Å². The molecule has 2 fully saturated rings. The van der Waals surface area contributed by atoms with Crippen LogP contribution in [0.5, 0.6) is 0 Å². The number of aryl methyl sites for hydroxylation is 1. The van der Waals surface area contributed by atoms with Crippen LogP contribution in [0.4, 0.5) is 0 Å². The lowest BCUT2D eigenvalue weighted by atomic mass is 10.0. The van der Waals surface area contributed by atoms with Crippen molar-refractivity contribution >= 4 is 21.9 Å². The van der Waals surface area contributed by atoms with Gasteiger partial charge < -0.3 is 16.0 Å². The van der Waals surface area contributed by atoms with Crippen LogP contribution in [0.3, 0.4) is 0 Å². The number of nitriles is 1. The van der Waals surface area contributed by atoms with Crippen LogP contribution in [0.15, 0.2) is 29.2 Å². The van der Waals surface area contributed by atoms with Crippen LogP contribution in [-0.2, 0) is 19.7 Å². The van der Waals surface area contributed by atoms with E-state index in [1.54, 1.807) is 17.0 Å². The summed E-state index contributed by atoms with van der Waals surface area (Å²) in [7, 11) is -4.02. The molecule has 0 saturated carbocycles. The second-order valence-corrected chi connectivity index (χ2v) is 8.76. The molecular weight excluding hydrogens is 396 g/mol. The Morgan fingerprint density at radius 3 is 2.55 bits per heavy atom. The van der Waals surface area contributed by atoms with Gasteiger partial charge in [-0.05, 0) is 50.8 Å². The van der Waals surface area contributed by atoms with E-state index in [4.69, 9.17) is 15.5 Å². The van der Waals surface area contributed by atoms with E-state index in [-0.39, 0.29) is 34.7 Å². The number of nitrogens with two attached hydrogens (primary N) is 1. The smallest absolute Gasteiger partial charge is 0.294 e. The first-order valence-electron chi connectivity index (χ1n) is 9.37. The number of carbonyl (C=O) groups excluding carboxylic acids is 2. The molecule has 2 aliphatic rings. The van der Waals surface area contributed by atoms with Crippen molar-refractivity contribution in [2.75, 3.05) is 13.1 Å². The normalized spacial score (nSPS) is 23.8. The number of rotatable bonds is 4. The number of benzene rings is 1. The Bertz CT molecular complexity index is 879. The van der Waals surface area contributed by atoms with Crippen molar-refractivity contribution in [3.63, 3.8) is 0 Å². The molecule has 158 valence electrons. The molecule has 2 heterocycles.